The van der Waals surface area contributed by atoms with Gasteiger partial charge in [0, 0.05) is 0 Å². The third-order valence-electron chi connectivity index (χ3n) is 1.27. The summed E-state index contributed by atoms with van der Waals surface area (Å²) in [5.41, 5.74) is -5.41. The maximum absolute atomic E-state index is 11.8. The van der Waals surface area contributed by atoms with Crippen molar-refractivity contribution in [2.75, 3.05) is 13.2 Å². The van der Waals surface area contributed by atoms with Crippen LogP contribution in [0.4, 0.5) is 13.2 Å². The van der Waals surface area contributed by atoms with E-state index in [1.165, 1.54) is 0 Å². The van der Waals surface area contributed by atoms with Crippen molar-refractivity contribution in [2.45, 2.75) is 25.1 Å². The molecule has 0 saturated heterocycles. The van der Waals surface area contributed by atoms with Gasteiger partial charge in [-0.15, -0.1) is 0 Å². The Morgan fingerprint density at radius 2 is 1.59 bits per heavy atom. The van der Waals surface area contributed by atoms with Crippen LogP contribution in [0.3, 0.4) is 0 Å². The van der Waals surface area contributed by atoms with Gasteiger partial charge in [0.1, 0.15) is 6.61 Å². The van der Waals surface area contributed by atoms with E-state index in [9.17, 15) is 21.6 Å². The van der Waals surface area contributed by atoms with Gasteiger partial charge in [0.2, 0.25) is 0 Å². The van der Waals surface area contributed by atoms with Gasteiger partial charge in [0.15, 0.2) is 8.32 Å². The molecule has 0 aromatic heterocycles. The minimum absolute atomic E-state index is 0.0468. The van der Waals surface area contributed by atoms with Gasteiger partial charge in [0.05, 0.1) is 6.61 Å². The van der Waals surface area contributed by atoms with Crippen molar-refractivity contribution in [1.82, 2.24) is 0 Å². The number of halogens is 3. The molecule has 0 saturated carbocycles. The summed E-state index contributed by atoms with van der Waals surface area (Å²) in [6.45, 7) is 4.96. The third-order valence-corrected chi connectivity index (χ3v) is 3.28. The number of hydrogen-bond donors (Lipinski definition) is 0. The van der Waals surface area contributed by atoms with Crippen LogP contribution in [-0.4, -0.2) is 35.5 Å². The van der Waals surface area contributed by atoms with Gasteiger partial charge >= 0.3 is 15.6 Å². The molecular formula is C8H13F3O4SSi. The van der Waals surface area contributed by atoms with Gasteiger partial charge in [-0.25, -0.2) is 0 Å². The topological polar surface area (TPSA) is 52.6 Å². The summed E-state index contributed by atoms with van der Waals surface area (Å²) in [7, 11) is -7.27. The summed E-state index contributed by atoms with van der Waals surface area (Å²) in [4.78, 5) is 0. The Labute approximate surface area is 99.4 Å². The summed E-state index contributed by atoms with van der Waals surface area (Å²) in [6, 6.07) is 0. The third kappa shape index (κ3) is 7.38. The first-order valence-electron chi connectivity index (χ1n) is 4.51. The first-order valence-corrected chi connectivity index (χ1v) is 9.33. The Balaban J connectivity index is 4.06. The molecule has 0 rings (SSSR count). The van der Waals surface area contributed by atoms with Gasteiger partial charge in [-0.1, -0.05) is 11.8 Å². The lowest BCUT2D eigenvalue weighted by Gasteiger charge is -2.13. The predicted octanol–water partition coefficient (Wildman–Crippen LogP) is 1.71. The molecule has 100 valence electrons. The molecule has 17 heavy (non-hydrogen) atoms. The average Bonchev–Trinajstić information content (AvgIpc) is 2.07. The van der Waals surface area contributed by atoms with Crippen molar-refractivity contribution in [3.8, 4) is 11.8 Å². The molecule has 0 fully saturated rings. The molecular weight excluding hydrogens is 277 g/mol. The number of hydrogen-bond acceptors (Lipinski definition) is 4. The monoisotopic (exact) mass is 290 g/mol. The van der Waals surface area contributed by atoms with Gasteiger partial charge in [-0.2, -0.15) is 21.6 Å². The van der Waals surface area contributed by atoms with Crippen LogP contribution in [0.15, 0.2) is 0 Å². The molecule has 0 aromatic rings. The predicted molar refractivity (Wildman–Crippen MR) is 58.0 cm³/mol. The Kier molecular flexibility index (Phi) is 5.66. The Hall–Kier alpha value is -0.563. The van der Waals surface area contributed by atoms with Crippen LogP contribution in [0.1, 0.15) is 0 Å². The second-order valence-corrected chi connectivity index (χ2v) is 10.0. The van der Waals surface area contributed by atoms with Crippen LogP contribution in [0, 0.1) is 11.8 Å². The lowest BCUT2D eigenvalue weighted by molar-refractivity contribution is -0.0534. The molecule has 0 aromatic carbocycles. The maximum Gasteiger partial charge on any atom is 0.523 e. The molecule has 0 bridgehead atoms. The minimum atomic E-state index is -5.55. The van der Waals surface area contributed by atoms with Gasteiger partial charge in [-0.05, 0) is 19.6 Å². The summed E-state index contributed by atoms with van der Waals surface area (Å²) < 4.78 is 65.1. The highest BCUT2D eigenvalue weighted by Gasteiger charge is 2.47. The van der Waals surface area contributed by atoms with Crippen molar-refractivity contribution in [3.05, 3.63) is 0 Å². The summed E-state index contributed by atoms with van der Waals surface area (Å²) in [5, 5.41) is 0. The lowest BCUT2D eigenvalue weighted by Crippen LogP contribution is -2.26. The van der Waals surface area contributed by atoms with Crippen LogP contribution in [-0.2, 0) is 18.7 Å². The van der Waals surface area contributed by atoms with E-state index in [0.717, 1.165) is 0 Å². The summed E-state index contributed by atoms with van der Waals surface area (Å²) in [6.07, 6.45) is 0. The molecule has 0 N–H and O–H groups in total. The quantitative estimate of drug-likeness (QED) is 0.342. The largest absolute Gasteiger partial charge is 0.523 e. The maximum atomic E-state index is 11.8. The van der Waals surface area contributed by atoms with Crippen LogP contribution >= 0.6 is 0 Å². The molecule has 0 unspecified atom stereocenters. The summed E-state index contributed by atoms with van der Waals surface area (Å²) in [5.74, 6) is 4.50. The highest BCUT2D eigenvalue weighted by molar-refractivity contribution is 7.87. The van der Waals surface area contributed by atoms with Crippen LogP contribution < -0.4 is 0 Å². The summed E-state index contributed by atoms with van der Waals surface area (Å²) >= 11 is 0. The fraction of sp³-hybridized carbons (Fsp3) is 0.750. The van der Waals surface area contributed by atoms with E-state index in [1.807, 2.05) is 19.6 Å². The molecule has 0 spiro atoms. The van der Waals surface area contributed by atoms with E-state index >= 15 is 0 Å². The van der Waals surface area contributed by atoms with Gasteiger partial charge in [0.25, 0.3) is 0 Å². The molecule has 0 radical (unpaired) electrons. The van der Waals surface area contributed by atoms with E-state index in [0.29, 0.717) is 0 Å². The molecule has 0 aliphatic rings. The van der Waals surface area contributed by atoms with Crippen molar-refractivity contribution >= 4 is 18.4 Å². The average molecular weight is 290 g/mol. The zero-order chi connectivity index (χ0) is 13.7. The molecule has 0 aliphatic heterocycles. The van der Waals surface area contributed by atoms with E-state index in [-0.39, 0.29) is 6.61 Å². The fourth-order valence-electron chi connectivity index (χ4n) is 0.529. The Morgan fingerprint density at radius 3 is 2.00 bits per heavy atom. The SMILES string of the molecule is C[Si](C)(C)OCC#CCOS(=O)(=O)C(F)(F)F. The first kappa shape index (κ1) is 16.4. The van der Waals surface area contributed by atoms with Crippen molar-refractivity contribution < 1.29 is 30.2 Å². The second kappa shape index (κ2) is 5.86. The molecule has 0 amide bonds. The zero-order valence-corrected chi connectivity index (χ0v) is 11.4. The van der Waals surface area contributed by atoms with Crippen LogP contribution in [0.25, 0.3) is 0 Å². The van der Waals surface area contributed by atoms with Crippen molar-refractivity contribution in [3.63, 3.8) is 0 Å². The smallest absolute Gasteiger partial charge is 0.407 e. The van der Waals surface area contributed by atoms with Gasteiger partial charge < -0.3 is 4.43 Å². The zero-order valence-electron chi connectivity index (χ0n) is 9.59. The minimum Gasteiger partial charge on any atom is -0.407 e. The van der Waals surface area contributed by atoms with Crippen molar-refractivity contribution in [1.29, 1.82) is 0 Å². The van der Waals surface area contributed by atoms with Crippen LogP contribution in [0.2, 0.25) is 19.6 Å². The molecule has 0 heterocycles. The standard InChI is InChI=1S/C8H13F3O4SSi/c1-17(2,3)15-7-5-4-6-14-16(12,13)8(9,10)11/h6-7H2,1-3H3. The molecule has 0 atom stereocenters. The van der Waals surface area contributed by atoms with E-state index < -0.39 is 30.6 Å². The number of alkyl halides is 3. The van der Waals surface area contributed by atoms with E-state index in [4.69, 9.17) is 4.43 Å². The fourth-order valence-corrected chi connectivity index (χ4v) is 1.38. The second-order valence-electron chi connectivity index (χ2n) is 3.92. The van der Waals surface area contributed by atoms with E-state index in [2.05, 4.69) is 16.0 Å². The van der Waals surface area contributed by atoms with E-state index in [1.54, 1.807) is 0 Å². The normalized spacial score (nSPS) is 13.1. The Morgan fingerprint density at radius 1 is 1.12 bits per heavy atom. The van der Waals surface area contributed by atoms with Crippen molar-refractivity contribution in [2.24, 2.45) is 0 Å². The first-order chi connectivity index (χ1) is 7.46. The molecule has 0 aliphatic carbocycles. The highest BCUT2D eigenvalue weighted by Crippen LogP contribution is 2.24. The lowest BCUT2D eigenvalue weighted by atomic mass is 10.6. The molecule has 9 heteroatoms. The molecule has 4 nitrogen and oxygen atoms in total. The Bertz CT molecular complexity index is 399. The number of rotatable bonds is 4. The van der Waals surface area contributed by atoms with Crippen LogP contribution in [0.5, 0.6) is 0 Å². The van der Waals surface area contributed by atoms with Gasteiger partial charge in [-0.3, -0.25) is 4.18 Å². The highest BCUT2D eigenvalue weighted by atomic mass is 32.2.